The molecule has 0 atom stereocenters. The van der Waals surface area contributed by atoms with Crippen molar-refractivity contribution in [1.82, 2.24) is 10.3 Å². The highest BCUT2D eigenvalue weighted by atomic mass is 16.6. The number of aromatic nitrogens is 2. The zero-order chi connectivity index (χ0) is 13.5. The number of rotatable bonds is 6. The number of esters is 1. The van der Waals surface area contributed by atoms with Gasteiger partial charge in [0.25, 0.3) is 0 Å². The molecule has 2 N–H and O–H groups in total. The van der Waals surface area contributed by atoms with E-state index in [9.17, 15) is 4.79 Å². The molecule has 0 amide bonds. The quantitative estimate of drug-likeness (QED) is 0.623. The Morgan fingerprint density at radius 1 is 1.26 bits per heavy atom. The number of nitrogens with two attached hydrogens (primary N) is 1. The number of hydrogen-bond donors (Lipinski definition) is 1. The molecule has 0 aliphatic heterocycles. The van der Waals surface area contributed by atoms with Crippen molar-refractivity contribution in [3.63, 3.8) is 0 Å². The zero-order valence-corrected chi connectivity index (χ0v) is 10.4. The van der Waals surface area contributed by atoms with Crippen molar-refractivity contribution >= 4 is 11.8 Å². The number of benzene rings is 1. The second-order valence-corrected chi connectivity index (χ2v) is 4.08. The molecule has 6 heteroatoms. The van der Waals surface area contributed by atoms with E-state index in [0.717, 1.165) is 12.8 Å². The number of nitrogens with zero attached hydrogens (tertiary/aromatic N) is 2. The van der Waals surface area contributed by atoms with E-state index in [-0.39, 0.29) is 18.2 Å². The van der Waals surface area contributed by atoms with E-state index in [2.05, 4.69) is 14.9 Å². The third-order valence-corrected chi connectivity index (χ3v) is 2.61. The predicted octanol–water partition coefficient (Wildman–Crippen LogP) is 1.37. The molecule has 6 nitrogen and oxygen atoms in total. The average Bonchev–Trinajstić information content (AvgIpc) is 2.82. The Morgan fingerprint density at radius 2 is 2.05 bits per heavy atom. The van der Waals surface area contributed by atoms with E-state index in [1.54, 1.807) is 0 Å². The molecule has 2 rings (SSSR count). The molecule has 0 bridgehead atoms. The molecule has 100 valence electrons. The lowest BCUT2D eigenvalue weighted by Gasteiger charge is -2.03. The summed E-state index contributed by atoms with van der Waals surface area (Å²) in [5, 5.41) is 6.91. The van der Waals surface area contributed by atoms with Gasteiger partial charge in [-0.2, -0.15) is 0 Å². The fourth-order valence-electron chi connectivity index (χ4n) is 1.63. The molecule has 0 unspecified atom stereocenters. The fraction of sp³-hybridized carbons (Fsp3) is 0.308. The number of aryl methyl sites for hydroxylation is 1. The number of carbonyl (C=O) groups is 1. The number of nitrogen functional groups attached to an aromatic ring is 1. The van der Waals surface area contributed by atoms with Gasteiger partial charge < -0.3 is 10.5 Å². The van der Waals surface area contributed by atoms with Gasteiger partial charge in [-0.05, 0) is 23.6 Å². The first-order valence-corrected chi connectivity index (χ1v) is 6.02. The number of ether oxygens (including phenoxy) is 1. The van der Waals surface area contributed by atoms with E-state index in [4.69, 9.17) is 10.5 Å². The van der Waals surface area contributed by atoms with Crippen molar-refractivity contribution in [2.24, 2.45) is 0 Å². The second kappa shape index (κ2) is 6.53. The zero-order valence-electron chi connectivity index (χ0n) is 10.4. The van der Waals surface area contributed by atoms with Crippen molar-refractivity contribution in [1.29, 1.82) is 0 Å². The lowest BCUT2D eigenvalue weighted by Crippen LogP contribution is -2.11. The Balaban J connectivity index is 1.66. The Morgan fingerprint density at radius 3 is 2.74 bits per heavy atom. The maximum Gasteiger partial charge on any atom is 0.312 e. The number of hydrogen-bond acceptors (Lipinski definition) is 6. The Bertz CT molecular complexity index is 525. The molecule has 1 aromatic carbocycles. The summed E-state index contributed by atoms with van der Waals surface area (Å²) in [4.78, 5) is 11.5. The maximum absolute atomic E-state index is 11.5. The van der Waals surface area contributed by atoms with Crippen LogP contribution in [0.15, 0.2) is 35.0 Å². The molecular weight excluding hydrogens is 246 g/mol. The van der Waals surface area contributed by atoms with Crippen LogP contribution in [0.25, 0.3) is 0 Å². The van der Waals surface area contributed by atoms with Crippen LogP contribution in [0, 0.1) is 0 Å². The van der Waals surface area contributed by atoms with Gasteiger partial charge in [0.15, 0.2) is 5.82 Å². The van der Waals surface area contributed by atoms with E-state index >= 15 is 0 Å². The third-order valence-electron chi connectivity index (χ3n) is 2.61. The first kappa shape index (κ1) is 13.1. The molecule has 1 aromatic heterocycles. The lowest BCUT2D eigenvalue weighted by atomic mass is 10.1. The average molecular weight is 261 g/mol. The molecule has 0 radical (unpaired) electrons. The minimum absolute atomic E-state index is 0.0132. The van der Waals surface area contributed by atoms with Gasteiger partial charge in [0.1, 0.15) is 5.69 Å². The van der Waals surface area contributed by atoms with Crippen LogP contribution in [0.1, 0.15) is 17.7 Å². The van der Waals surface area contributed by atoms with Crippen LogP contribution in [0.3, 0.4) is 0 Å². The fourth-order valence-corrected chi connectivity index (χ4v) is 1.63. The van der Waals surface area contributed by atoms with Gasteiger partial charge in [-0.25, -0.2) is 4.63 Å². The minimum Gasteiger partial charge on any atom is -0.465 e. The van der Waals surface area contributed by atoms with Crippen LogP contribution >= 0.6 is 0 Å². The van der Waals surface area contributed by atoms with Crippen LogP contribution in [-0.4, -0.2) is 22.9 Å². The van der Waals surface area contributed by atoms with Crippen LogP contribution in [0.4, 0.5) is 5.82 Å². The summed E-state index contributed by atoms with van der Waals surface area (Å²) in [6, 6.07) is 10.0. The highest BCUT2D eigenvalue weighted by Gasteiger charge is 2.12. The highest BCUT2D eigenvalue weighted by molar-refractivity contribution is 5.73. The third kappa shape index (κ3) is 4.09. The summed E-state index contributed by atoms with van der Waals surface area (Å²) in [6.45, 7) is 0.374. The van der Waals surface area contributed by atoms with Gasteiger partial charge in [-0.15, -0.1) is 0 Å². The van der Waals surface area contributed by atoms with Gasteiger partial charge in [0.2, 0.25) is 0 Å². The minimum atomic E-state index is -0.379. The Kier molecular flexibility index (Phi) is 4.49. The molecular formula is C13H15N3O3. The summed E-state index contributed by atoms with van der Waals surface area (Å²) in [5.41, 5.74) is 6.98. The topological polar surface area (TPSA) is 91.2 Å². The van der Waals surface area contributed by atoms with Crippen molar-refractivity contribution in [3.8, 4) is 0 Å². The molecule has 1 heterocycles. The van der Waals surface area contributed by atoms with E-state index < -0.39 is 0 Å². The Labute approximate surface area is 110 Å². The number of anilines is 1. The molecule has 0 aliphatic carbocycles. The first-order chi connectivity index (χ1) is 9.25. The Hall–Kier alpha value is -2.37. The van der Waals surface area contributed by atoms with Crippen LogP contribution in [0.5, 0.6) is 0 Å². The summed E-state index contributed by atoms with van der Waals surface area (Å²) in [6.07, 6.45) is 1.64. The molecule has 0 spiro atoms. The van der Waals surface area contributed by atoms with Gasteiger partial charge in [-0.3, -0.25) is 4.79 Å². The largest absolute Gasteiger partial charge is 0.465 e. The SMILES string of the molecule is Nc1nonc1CC(=O)OCCCc1ccccc1. The lowest BCUT2D eigenvalue weighted by molar-refractivity contribution is -0.143. The first-order valence-electron chi connectivity index (χ1n) is 6.02. The van der Waals surface area contributed by atoms with E-state index in [0.29, 0.717) is 12.3 Å². The standard InChI is InChI=1S/C13H15N3O3/c14-13-11(15-19-16-13)9-12(17)18-8-4-7-10-5-2-1-3-6-10/h1-3,5-6H,4,7-9H2,(H2,14,16). The second-order valence-electron chi connectivity index (χ2n) is 4.08. The summed E-state index contributed by atoms with van der Waals surface area (Å²) in [7, 11) is 0. The molecule has 19 heavy (non-hydrogen) atoms. The van der Waals surface area contributed by atoms with Gasteiger partial charge in [0, 0.05) is 0 Å². The number of carbonyl (C=O) groups excluding carboxylic acids is 1. The predicted molar refractivity (Wildman–Crippen MR) is 68.1 cm³/mol. The molecule has 0 saturated heterocycles. The van der Waals surface area contributed by atoms with Crippen LogP contribution in [0.2, 0.25) is 0 Å². The van der Waals surface area contributed by atoms with Gasteiger partial charge in [0.05, 0.1) is 13.0 Å². The molecule has 0 saturated carbocycles. The van der Waals surface area contributed by atoms with Crippen LogP contribution < -0.4 is 5.73 Å². The summed E-state index contributed by atoms with van der Waals surface area (Å²) < 4.78 is 9.48. The van der Waals surface area contributed by atoms with Gasteiger partial charge >= 0.3 is 5.97 Å². The van der Waals surface area contributed by atoms with Crippen LogP contribution in [-0.2, 0) is 22.4 Å². The molecule has 0 aliphatic rings. The van der Waals surface area contributed by atoms with E-state index in [1.165, 1.54) is 5.56 Å². The maximum atomic E-state index is 11.5. The summed E-state index contributed by atoms with van der Waals surface area (Å²) in [5.74, 6) is -0.253. The molecule has 0 fully saturated rings. The van der Waals surface area contributed by atoms with Crippen molar-refractivity contribution < 1.29 is 14.2 Å². The van der Waals surface area contributed by atoms with Gasteiger partial charge in [-0.1, -0.05) is 35.5 Å². The highest BCUT2D eigenvalue weighted by Crippen LogP contribution is 2.06. The van der Waals surface area contributed by atoms with Crippen molar-refractivity contribution in [2.75, 3.05) is 12.3 Å². The van der Waals surface area contributed by atoms with Crippen molar-refractivity contribution in [3.05, 3.63) is 41.6 Å². The van der Waals surface area contributed by atoms with Crippen molar-refractivity contribution in [2.45, 2.75) is 19.3 Å². The molecule has 2 aromatic rings. The smallest absolute Gasteiger partial charge is 0.312 e. The monoisotopic (exact) mass is 261 g/mol. The normalized spacial score (nSPS) is 10.3. The van der Waals surface area contributed by atoms with E-state index in [1.807, 2.05) is 30.3 Å². The summed E-state index contributed by atoms with van der Waals surface area (Å²) >= 11 is 0.